The Hall–Kier alpha value is -5.15. The highest BCUT2D eigenvalue weighted by molar-refractivity contribution is 7.07. The summed E-state index contributed by atoms with van der Waals surface area (Å²) in [5.74, 6) is 1.16. The molecule has 0 unspecified atom stereocenters. The third-order valence-corrected chi connectivity index (χ3v) is 8.70. The fraction of sp³-hybridized carbons (Fsp3) is 0.194. The highest BCUT2D eigenvalue weighted by Gasteiger charge is 2.35. The van der Waals surface area contributed by atoms with Crippen LogP contribution in [0.1, 0.15) is 36.6 Å². The number of nitrogens with zero attached hydrogens (tertiary/aromatic N) is 2. The number of allylic oxidation sites excluding steroid dienone is 1. The molecule has 1 aliphatic rings. The first kappa shape index (κ1) is 29.9. The second-order valence-corrected chi connectivity index (χ2v) is 11.4. The molecule has 0 amide bonds. The molecule has 0 saturated heterocycles. The van der Waals surface area contributed by atoms with Crippen molar-refractivity contribution in [3.8, 4) is 17.2 Å². The van der Waals surface area contributed by atoms with E-state index in [1.165, 1.54) is 15.9 Å². The number of carbonyl (C=O) groups is 1. The Morgan fingerprint density at radius 2 is 1.73 bits per heavy atom. The zero-order valence-corrected chi connectivity index (χ0v) is 26.2. The standard InChI is InChI=1S/C36H32N2O6S/c1-5-43-35(40)32-22(2)37-36-38(33(32)28-20-26(41-3)17-18-30(28)42-4)34(39)31(45-36)19-24-12-7-9-16-29(24)44-21-25-14-10-13-23-11-6-8-15-27(23)25/h6-20,33H,5,21H2,1-4H3/b31-19-/t33-/m0/s1. The van der Waals surface area contributed by atoms with Gasteiger partial charge in [0.2, 0.25) is 0 Å². The molecule has 8 nitrogen and oxygen atoms in total. The minimum atomic E-state index is -0.842. The number of esters is 1. The van der Waals surface area contributed by atoms with Crippen molar-refractivity contribution in [2.75, 3.05) is 20.8 Å². The van der Waals surface area contributed by atoms with Crippen molar-refractivity contribution in [2.24, 2.45) is 4.99 Å². The number of ether oxygens (including phenoxy) is 4. The van der Waals surface area contributed by atoms with Crippen molar-refractivity contribution in [2.45, 2.75) is 26.5 Å². The summed E-state index contributed by atoms with van der Waals surface area (Å²) in [5, 5.41) is 2.28. The lowest BCUT2D eigenvalue weighted by molar-refractivity contribution is -0.139. The molecule has 2 heterocycles. The highest BCUT2D eigenvalue weighted by Crippen LogP contribution is 2.38. The number of para-hydroxylation sites is 1. The van der Waals surface area contributed by atoms with Crippen LogP contribution in [0.2, 0.25) is 0 Å². The second kappa shape index (κ2) is 12.8. The SMILES string of the molecule is CCOC(=O)C1=C(C)N=c2s/c(=C\c3ccccc3OCc3cccc4ccccc34)c(=O)n2[C@H]1c1cc(OC)ccc1OC. The van der Waals surface area contributed by atoms with Gasteiger partial charge >= 0.3 is 5.97 Å². The molecule has 9 heteroatoms. The Morgan fingerprint density at radius 1 is 0.956 bits per heavy atom. The van der Waals surface area contributed by atoms with E-state index in [0.717, 1.165) is 21.9 Å². The molecular formula is C36H32N2O6S. The summed E-state index contributed by atoms with van der Waals surface area (Å²) in [6.45, 7) is 4.03. The predicted octanol–water partition coefficient (Wildman–Crippen LogP) is 5.55. The van der Waals surface area contributed by atoms with Crippen LogP contribution in [0.5, 0.6) is 17.2 Å². The lowest BCUT2D eigenvalue weighted by Gasteiger charge is -2.26. The second-order valence-electron chi connectivity index (χ2n) is 10.4. The quantitative estimate of drug-likeness (QED) is 0.201. The Balaban J connectivity index is 1.46. The van der Waals surface area contributed by atoms with Crippen LogP contribution in [0, 0.1) is 0 Å². The molecule has 0 spiro atoms. The number of hydrogen-bond acceptors (Lipinski definition) is 8. The first-order valence-corrected chi connectivity index (χ1v) is 15.3. The molecule has 228 valence electrons. The average Bonchev–Trinajstić information content (AvgIpc) is 3.37. The van der Waals surface area contributed by atoms with Gasteiger partial charge in [0.25, 0.3) is 5.56 Å². The van der Waals surface area contributed by atoms with Crippen LogP contribution < -0.4 is 29.1 Å². The number of benzene rings is 4. The molecule has 45 heavy (non-hydrogen) atoms. The first-order chi connectivity index (χ1) is 21.9. The minimum Gasteiger partial charge on any atom is -0.497 e. The van der Waals surface area contributed by atoms with Crippen molar-refractivity contribution in [1.29, 1.82) is 0 Å². The van der Waals surface area contributed by atoms with E-state index >= 15 is 0 Å². The fourth-order valence-electron chi connectivity index (χ4n) is 5.59. The third kappa shape index (κ3) is 5.74. The van der Waals surface area contributed by atoms with Gasteiger partial charge in [0.1, 0.15) is 29.9 Å². The first-order valence-electron chi connectivity index (χ1n) is 14.5. The number of hydrogen-bond donors (Lipinski definition) is 0. The lowest BCUT2D eigenvalue weighted by Crippen LogP contribution is -2.40. The normalized spacial score (nSPS) is 14.6. The van der Waals surface area contributed by atoms with Gasteiger partial charge in [-0.05, 0) is 60.5 Å². The van der Waals surface area contributed by atoms with E-state index in [1.54, 1.807) is 46.3 Å². The Morgan fingerprint density at radius 3 is 2.53 bits per heavy atom. The van der Waals surface area contributed by atoms with E-state index in [-0.39, 0.29) is 17.7 Å². The zero-order valence-electron chi connectivity index (χ0n) is 25.4. The topological polar surface area (TPSA) is 88.4 Å². The molecule has 0 radical (unpaired) electrons. The van der Waals surface area contributed by atoms with Crippen LogP contribution in [-0.2, 0) is 16.1 Å². The predicted molar refractivity (Wildman–Crippen MR) is 175 cm³/mol. The van der Waals surface area contributed by atoms with E-state index in [1.807, 2.05) is 48.5 Å². The van der Waals surface area contributed by atoms with E-state index < -0.39 is 12.0 Å². The maximum atomic E-state index is 14.2. The van der Waals surface area contributed by atoms with Crippen LogP contribution in [0.15, 0.2) is 106 Å². The van der Waals surface area contributed by atoms with Gasteiger partial charge in [-0.3, -0.25) is 9.36 Å². The zero-order chi connectivity index (χ0) is 31.5. The van der Waals surface area contributed by atoms with E-state index in [9.17, 15) is 9.59 Å². The maximum Gasteiger partial charge on any atom is 0.338 e. The largest absolute Gasteiger partial charge is 0.497 e. The van der Waals surface area contributed by atoms with Gasteiger partial charge in [0.15, 0.2) is 4.80 Å². The number of rotatable bonds is 9. The van der Waals surface area contributed by atoms with E-state index in [0.29, 0.717) is 44.4 Å². The van der Waals surface area contributed by atoms with Gasteiger partial charge in [0, 0.05) is 11.1 Å². The van der Waals surface area contributed by atoms with Crippen LogP contribution in [0.4, 0.5) is 0 Å². The van der Waals surface area contributed by atoms with Crippen molar-refractivity contribution in [3.63, 3.8) is 0 Å². The molecule has 1 atom stereocenters. The van der Waals surface area contributed by atoms with Gasteiger partial charge < -0.3 is 18.9 Å². The third-order valence-electron chi connectivity index (χ3n) is 7.72. The van der Waals surface area contributed by atoms with Gasteiger partial charge in [-0.15, -0.1) is 0 Å². The molecule has 6 rings (SSSR count). The number of thiazole rings is 1. The minimum absolute atomic E-state index is 0.178. The average molecular weight is 621 g/mol. The van der Waals surface area contributed by atoms with E-state index in [4.69, 9.17) is 23.9 Å². The van der Waals surface area contributed by atoms with Crippen LogP contribution in [0.25, 0.3) is 16.8 Å². The molecule has 0 bridgehead atoms. The monoisotopic (exact) mass is 620 g/mol. The number of methoxy groups -OCH3 is 2. The Kier molecular flexibility index (Phi) is 8.53. The lowest BCUT2D eigenvalue weighted by atomic mass is 9.94. The molecule has 0 aliphatic carbocycles. The number of carbonyl (C=O) groups excluding carboxylic acids is 1. The molecule has 1 aliphatic heterocycles. The summed E-state index contributed by atoms with van der Waals surface area (Å²) in [6.07, 6.45) is 1.81. The number of fused-ring (bicyclic) bond motifs is 2. The van der Waals surface area contributed by atoms with Crippen molar-refractivity contribution in [1.82, 2.24) is 4.57 Å². The van der Waals surface area contributed by atoms with Gasteiger partial charge in [-0.2, -0.15) is 0 Å². The molecule has 0 saturated carbocycles. The fourth-order valence-corrected chi connectivity index (χ4v) is 6.62. The maximum absolute atomic E-state index is 14.2. The molecule has 0 fully saturated rings. The van der Waals surface area contributed by atoms with Gasteiger partial charge in [0.05, 0.1) is 36.6 Å². The Labute approximate surface area is 264 Å². The Bertz CT molecular complexity index is 2120. The smallest absolute Gasteiger partial charge is 0.338 e. The summed E-state index contributed by atoms with van der Waals surface area (Å²) in [7, 11) is 3.11. The molecule has 1 aromatic heterocycles. The molecular weight excluding hydrogens is 588 g/mol. The van der Waals surface area contributed by atoms with Crippen LogP contribution >= 0.6 is 11.3 Å². The van der Waals surface area contributed by atoms with Crippen LogP contribution in [0.3, 0.4) is 0 Å². The molecule has 0 N–H and O–H groups in total. The van der Waals surface area contributed by atoms with Crippen LogP contribution in [-0.4, -0.2) is 31.4 Å². The van der Waals surface area contributed by atoms with Crippen molar-refractivity contribution < 1.29 is 23.7 Å². The molecule has 4 aromatic carbocycles. The van der Waals surface area contributed by atoms with Gasteiger partial charge in [-0.25, -0.2) is 9.79 Å². The van der Waals surface area contributed by atoms with Crippen molar-refractivity contribution in [3.05, 3.63) is 133 Å². The highest BCUT2D eigenvalue weighted by atomic mass is 32.1. The number of aromatic nitrogens is 1. The summed E-state index contributed by atoms with van der Waals surface area (Å²) >= 11 is 1.25. The van der Waals surface area contributed by atoms with Crippen molar-refractivity contribution >= 4 is 34.2 Å². The van der Waals surface area contributed by atoms with Gasteiger partial charge in [-0.1, -0.05) is 72.0 Å². The summed E-state index contributed by atoms with van der Waals surface area (Å²) in [6, 6.07) is 26.4. The summed E-state index contributed by atoms with van der Waals surface area (Å²) < 4.78 is 24.9. The summed E-state index contributed by atoms with van der Waals surface area (Å²) in [4.78, 5) is 32.7. The van der Waals surface area contributed by atoms with E-state index in [2.05, 4.69) is 24.3 Å². The molecule has 5 aromatic rings. The summed E-state index contributed by atoms with van der Waals surface area (Å²) in [5.41, 5.74) is 2.83.